The quantitative estimate of drug-likeness (QED) is 0.423. The smallest absolute Gasteiger partial charge is 0.193 e. The van der Waals surface area contributed by atoms with Crippen molar-refractivity contribution in [2.75, 3.05) is 25.0 Å². The minimum absolute atomic E-state index is 0. The number of hydrogen-bond acceptors (Lipinski definition) is 2. The zero-order valence-electron chi connectivity index (χ0n) is 14.6. The first-order chi connectivity index (χ1) is 10.5. The Hall–Kier alpha value is -0.820. The van der Waals surface area contributed by atoms with E-state index in [1.54, 1.807) is 0 Å². The highest BCUT2D eigenvalue weighted by atomic mass is 127. The third kappa shape index (κ3) is 7.08. The van der Waals surface area contributed by atoms with Crippen molar-refractivity contribution >= 4 is 35.6 Å². The number of halogens is 1. The summed E-state index contributed by atoms with van der Waals surface area (Å²) in [6.45, 7) is 9.73. The normalized spacial score (nSPS) is 17.4. The minimum atomic E-state index is 0. The molecule has 0 bridgehead atoms. The summed E-state index contributed by atoms with van der Waals surface area (Å²) >= 11 is 0. The van der Waals surface area contributed by atoms with E-state index in [1.807, 2.05) is 0 Å². The summed E-state index contributed by atoms with van der Waals surface area (Å²) < 4.78 is 0. The van der Waals surface area contributed by atoms with Crippen LogP contribution in [0.4, 0.5) is 5.69 Å². The average molecular weight is 430 g/mol. The molecule has 1 saturated heterocycles. The standard InChI is InChI=1S/C18H30N4.HI/c1-14-11-15(2)13-17(12-14)21-18(19)20-8-7-16(3)22-9-5-4-6-10-22;/h11-13,16H,4-10H2,1-3H3,(H3,19,20,21);1H. The number of nitrogens with zero attached hydrogens (tertiary/aromatic N) is 2. The van der Waals surface area contributed by atoms with Gasteiger partial charge < -0.3 is 16.0 Å². The Balaban J connectivity index is 0.00000264. The molecule has 1 aromatic rings. The van der Waals surface area contributed by atoms with Crippen LogP contribution in [0.3, 0.4) is 0 Å². The van der Waals surface area contributed by atoms with Gasteiger partial charge in [0, 0.05) is 18.3 Å². The Morgan fingerprint density at radius 1 is 1.17 bits per heavy atom. The van der Waals surface area contributed by atoms with Crippen molar-refractivity contribution in [1.29, 1.82) is 0 Å². The molecule has 23 heavy (non-hydrogen) atoms. The number of benzene rings is 1. The van der Waals surface area contributed by atoms with Crippen molar-refractivity contribution in [3.05, 3.63) is 29.3 Å². The Morgan fingerprint density at radius 3 is 2.39 bits per heavy atom. The van der Waals surface area contributed by atoms with Crippen molar-refractivity contribution < 1.29 is 0 Å². The van der Waals surface area contributed by atoms with Gasteiger partial charge in [0.15, 0.2) is 5.96 Å². The molecule has 1 heterocycles. The lowest BCUT2D eigenvalue weighted by atomic mass is 10.1. The van der Waals surface area contributed by atoms with Gasteiger partial charge in [0.1, 0.15) is 0 Å². The van der Waals surface area contributed by atoms with Crippen molar-refractivity contribution in [1.82, 2.24) is 4.90 Å². The van der Waals surface area contributed by atoms with Crippen LogP contribution in [0.5, 0.6) is 0 Å². The molecule has 1 aromatic carbocycles. The molecule has 0 radical (unpaired) electrons. The topological polar surface area (TPSA) is 53.6 Å². The summed E-state index contributed by atoms with van der Waals surface area (Å²) in [6.07, 6.45) is 5.12. The molecule has 0 aliphatic carbocycles. The van der Waals surface area contributed by atoms with E-state index in [1.165, 1.54) is 43.5 Å². The van der Waals surface area contributed by atoms with Gasteiger partial charge in [0.05, 0.1) is 0 Å². The highest BCUT2D eigenvalue weighted by Gasteiger charge is 2.15. The molecule has 3 N–H and O–H groups in total. The second-order valence-electron chi connectivity index (χ2n) is 6.50. The predicted molar refractivity (Wildman–Crippen MR) is 111 cm³/mol. The maximum Gasteiger partial charge on any atom is 0.193 e. The van der Waals surface area contributed by atoms with Gasteiger partial charge in [-0.2, -0.15) is 0 Å². The number of aryl methyl sites for hydroxylation is 2. The molecule has 1 unspecified atom stereocenters. The van der Waals surface area contributed by atoms with Gasteiger partial charge in [-0.25, -0.2) is 0 Å². The fraction of sp³-hybridized carbons (Fsp3) is 0.611. The molecule has 1 atom stereocenters. The molecule has 1 aliphatic heterocycles. The summed E-state index contributed by atoms with van der Waals surface area (Å²) in [5.74, 6) is 0.510. The molecular weight excluding hydrogens is 399 g/mol. The number of aliphatic imine (C=N–C) groups is 1. The highest BCUT2D eigenvalue weighted by molar-refractivity contribution is 14.0. The van der Waals surface area contributed by atoms with Crippen LogP contribution in [-0.2, 0) is 0 Å². The van der Waals surface area contributed by atoms with E-state index in [2.05, 4.69) is 54.2 Å². The summed E-state index contributed by atoms with van der Waals surface area (Å²) in [5.41, 5.74) is 9.47. The largest absolute Gasteiger partial charge is 0.370 e. The molecule has 130 valence electrons. The average Bonchev–Trinajstić information content (AvgIpc) is 2.47. The van der Waals surface area contributed by atoms with E-state index in [0.717, 1.165) is 18.7 Å². The fourth-order valence-electron chi connectivity index (χ4n) is 3.15. The van der Waals surface area contributed by atoms with Crippen LogP contribution >= 0.6 is 24.0 Å². The van der Waals surface area contributed by atoms with E-state index in [-0.39, 0.29) is 24.0 Å². The maximum absolute atomic E-state index is 6.00. The molecule has 0 spiro atoms. The van der Waals surface area contributed by atoms with Crippen LogP contribution < -0.4 is 11.1 Å². The van der Waals surface area contributed by atoms with Crippen molar-refractivity contribution in [2.24, 2.45) is 10.7 Å². The zero-order chi connectivity index (χ0) is 15.9. The first-order valence-corrected chi connectivity index (χ1v) is 8.44. The first-order valence-electron chi connectivity index (χ1n) is 8.44. The number of guanidine groups is 1. The van der Waals surface area contributed by atoms with Crippen LogP contribution in [0.1, 0.15) is 43.7 Å². The van der Waals surface area contributed by atoms with Gasteiger partial charge in [-0.05, 0) is 76.4 Å². The van der Waals surface area contributed by atoms with Crippen molar-refractivity contribution in [3.63, 3.8) is 0 Å². The second-order valence-corrected chi connectivity index (χ2v) is 6.50. The number of nitrogens with one attached hydrogen (secondary N) is 1. The second kappa shape index (κ2) is 10.1. The third-order valence-electron chi connectivity index (χ3n) is 4.34. The third-order valence-corrected chi connectivity index (χ3v) is 4.34. The molecule has 0 amide bonds. The first kappa shape index (κ1) is 20.2. The van der Waals surface area contributed by atoms with Gasteiger partial charge in [0.2, 0.25) is 0 Å². The van der Waals surface area contributed by atoms with E-state index < -0.39 is 0 Å². The molecule has 4 nitrogen and oxygen atoms in total. The highest BCUT2D eigenvalue weighted by Crippen LogP contribution is 2.15. The number of hydrogen-bond donors (Lipinski definition) is 2. The molecule has 2 rings (SSSR count). The van der Waals surface area contributed by atoms with Crippen LogP contribution in [-0.4, -0.2) is 36.5 Å². The summed E-state index contributed by atoms with van der Waals surface area (Å²) in [6, 6.07) is 6.93. The lowest BCUT2D eigenvalue weighted by molar-refractivity contribution is 0.168. The number of likely N-dealkylation sites (tertiary alicyclic amines) is 1. The lowest BCUT2D eigenvalue weighted by Crippen LogP contribution is -2.37. The van der Waals surface area contributed by atoms with E-state index in [0.29, 0.717) is 12.0 Å². The molecule has 0 saturated carbocycles. The molecule has 1 aliphatic rings. The monoisotopic (exact) mass is 430 g/mol. The van der Waals surface area contributed by atoms with E-state index in [4.69, 9.17) is 5.73 Å². The predicted octanol–water partition coefficient (Wildman–Crippen LogP) is 3.91. The maximum atomic E-state index is 6.00. The van der Waals surface area contributed by atoms with Gasteiger partial charge in [-0.1, -0.05) is 12.5 Å². The fourth-order valence-corrected chi connectivity index (χ4v) is 3.15. The van der Waals surface area contributed by atoms with Gasteiger partial charge in [0.25, 0.3) is 0 Å². The molecular formula is C18H31IN4. The Kier molecular flexibility index (Phi) is 8.91. The van der Waals surface area contributed by atoms with Gasteiger partial charge in [-0.15, -0.1) is 24.0 Å². The molecule has 5 heteroatoms. The minimum Gasteiger partial charge on any atom is -0.370 e. The Bertz CT molecular complexity index is 489. The zero-order valence-corrected chi connectivity index (χ0v) is 17.0. The lowest BCUT2D eigenvalue weighted by Gasteiger charge is -2.32. The van der Waals surface area contributed by atoms with Crippen LogP contribution in [0.15, 0.2) is 23.2 Å². The van der Waals surface area contributed by atoms with Crippen LogP contribution in [0.25, 0.3) is 0 Å². The number of anilines is 1. The number of nitrogens with two attached hydrogens (primary N) is 1. The number of rotatable bonds is 5. The SMILES string of the molecule is Cc1cc(C)cc(NC(N)=NCCC(C)N2CCCCC2)c1.I. The number of piperidine rings is 1. The molecule has 0 aromatic heterocycles. The van der Waals surface area contributed by atoms with Crippen molar-refractivity contribution in [3.8, 4) is 0 Å². The van der Waals surface area contributed by atoms with Gasteiger partial charge >= 0.3 is 0 Å². The van der Waals surface area contributed by atoms with E-state index >= 15 is 0 Å². The van der Waals surface area contributed by atoms with Gasteiger partial charge in [-0.3, -0.25) is 4.99 Å². The summed E-state index contributed by atoms with van der Waals surface area (Å²) in [4.78, 5) is 7.05. The van der Waals surface area contributed by atoms with Crippen LogP contribution in [0.2, 0.25) is 0 Å². The van der Waals surface area contributed by atoms with Crippen molar-refractivity contribution in [2.45, 2.75) is 52.5 Å². The van der Waals surface area contributed by atoms with Crippen LogP contribution in [0, 0.1) is 13.8 Å². The van der Waals surface area contributed by atoms with E-state index in [9.17, 15) is 0 Å². The Labute approximate surface area is 157 Å². The summed E-state index contributed by atoms with van der Waals surface area (Å²) in [7, 11) is 0. The Morgan fingerprint density at radius 2 is 1.78 bits per heavy atom. The summed E-state index contributed by atoms with van der Waals surface area (Å²) in [5, 5.41) is 3.19. The molecule has 1 fully saturated rings.